The molecule has 0 fully saturated rings. The van der Waals surface area contributed by atoms with E-state index in [0.717, 1.165) is 17.7 Å². The Balaban J connectivity index is 2.02. The largest absolute Gasteiger partial charge is 0.496 e. The summed E-state index contributed by atoms with van der Waals surface area (Å²) in [5.41, 5.74) is 1.30. The molecule has 3 aromatic rings. The third kappa shape index (κ3) is 3.55. The van der Waals surface area contributed by atoms with Crippen molar-refractivity contribution in [2.45, 2.75) is 12.3 Å². The van der Waals surface area contributed by atoms with Crippen LogP contribution in [0, 0.1) is 0 Å². The zero-order valence-electron chi connectivity index (χ0n) is 13.9. The second-order valence-electron chi connectivity index (χ2n) is 5.66. The van der Waals surface area contributed by atoms with Crippen molar-refractivity contribution >= 4 is 0 Å². The number of hydrogen-bond donors (Lipinski definition) is 1. The number of ether oxygens (including phenoxy) is 1. The second-order valence-corrected chi connectivity index (χ2v) is 5.66. The SMILES string of the molecule is COc1ccccc1-c1cccnc1C(O)c1ccc(C(F)(F)F)cc1. The Morgan fingerprint density at radius 2 is 1.58 bits per heavy atom. The third-order valence-electron chi connectivity index (χ3n) is 4.05. The van der Waals surface area contributed by atoms with Crippen LogP contribution in [0.15, 0.2) is 66.9 Å². The van der Waals surface area contributed by atoms with Crippen molar-refractivity contribution in [1.82, 2.24) is 4.98 Å². The van der Waals surface area contributed by atoms with Gasteiger partial charge in [0.25, 0.3) is 0 Å². The molecule has 1 unspecified atom stereocenters. The van der Waals surface area contributed by atoms with E-state index < -0.39 is 17.8 Å². The number of aliphatic hydroxyl groups is 1. The monoisotopic (exact) mass is 359 g/mol. The standard InChI is InChI=1S/C20H16F3NO2/c1-26-17-7-3-2-5-15(17)16-6-4-12-24-18(16)19(25)13-8-10-14(11-9-13)20(21,22)23/h2-12,19,25H,1H3. The van der Waals surface area contributed by atoms with Crippen LogP contribution in [0.3, 0.4) is 0 Å². The summed E-state index contributed by atoms with van der Waals surface area (Å²) in [6, 6.07) is 15.2. The molecule has 1 N–H and O–H groups in total. The Morgan fingerprint density at radius 1 is 0.923 bits per heavy atom. The molecule has 2 aromatic carbocycles. The van der Waals surface area contributed by atoms with Crippen molar-refractivity contribution in [3.05, 3.63) is 83.7 Å². The van der Waals surface area contributed by atoms with Gasteiger partial charge >= 0.3 is 6.18 Å². The van der Waals surface area contributed by atoms with E-state index in [1.807, 2.05) is 18.2 Å². The molecular formula is C20H16F3NO2. The zero-order chi connectivity index (χ0) is 18.7. The molecular weight excluding hydrogens is 343 g/mol. The molecule has 0 bridgehead atoms. The Morgan fingerprint density at radius 3 is 2.23 bits per heavy atom. The summed E-state index contributed by atoms with van der Waals surface area (Å²) >= 11 is 0. The highest BCUT2D eigenvalue weighted by atomic mass is 19.4. The lowest BCUT2D eigenvalue weighted by Crippen LogP contribution is -2.07. The van der Waals surface area contributed by atoms with Gasteiger partial charge in [0.05, 0.1) is 18.4 Å². The fourth-order valence-corrected chi connectivity index (χ4v) is 2.74. The van der Waals surface area contributed by atoms with Crippen LogP contribution in [-0.2, 0) is 6.18 Å². The molecule has 0 radical (unpaired) electrons. The normalized spacial score (nSPS) is 12.7. The first-order valence-electron chi connectivity index (χ1n) is 7.85. The number of nitrogens with zero attached hydrogens (tertiary/aromatic N) is 1. The molecule has 0 saturated heterocycles. The minimum absolute atomic E-state index is 0.327. The van der Waals surface area contributed by atoms with Crippen molar-refractivity contribution in [1.29, 1.82) is 0 Å². The minimum Gasteiger partial charge on any atom is -0.496 e. The second kappa shape index (κ2) is 7.17. The quantitative estimate of drug-likeness (QED) is 0.724. The zero-order valence-corrected chi connectivity index (χ0v) is 13.9. The fraction of sp³-hybridized carbons (Fsp3) is 0.150. The molecule has 3 rings (SSSR count). The van der Waals surface area contributed by atoms with Gasteiger partial charge in [0.1, 0.15) is 11.9 Å². The van der Waals surface area contributed by atoms with E-state index in [9.17, 15) is 18.3 Å². The topological polar surface area (TPSA) is 42.4 Å². The predicted octanol–water partition coefficient (Wildman–Crippen LogP) is 4.86. The number of hydrogen-bond acceptors (Lipinski definition) is 3. The average molecular weight is 359 g/mol. The molecule has 3 nitrogen and oxygen atoms in total. The van der Waals surface area contributed by atoms with Crippen LogP contribution in [0.1, 0.15) is 22.9 Å². The Hall–Kier alpha value is -2.86. The number of alkyl halides is 3. The molecule has 1 heterocycles. The molecule has 6 heteroatoms. The van der Waals surface area contributed by atoms with E-state index in [2.05, 4.69) is 4.98 Å². The number of benzene rings is 2. The summed E-state index contributed by atoms with van der Waals surface area (Å²) in [6.07, 6.45) is -4.06. The molecule has 0 amide bonds. The molecule has 0 spiro atoms. The highest BCUT2D eigenvalue weighted by Crippen LogP contribution is 2.36. The molecule has 0 aliphatic heterocycles. The summed E-state index contributed by atoms with van der Waals surface area (Å²) in [6.45, 7) is 0. The lowest BCUT2D eigenvalue weighted by atomic mass is 9.96. The van der Waals surface area contributed by atoms with Crippen molar-refractivity contribution in [2.24, 2.45) is 0 Å². The molecule has 26 heavy (non-hydrogen) atoms. The minimum atomic E-state index is -4.42. The number of rotatable bonds is 4. The first kappa shape index (κ1) is 17.9. The van der Waals surface area contributed by atoms with E-state index in [0.29, 0.717) is 22.6 Å². The molecule has 0 aliphatic carbocycles. The first-order chi connectivity index (χ1) is 12.4. The van der Waals surface area contributed by atoms with Crippen molar-refractivity contribution in [3.63, 3.8) is 0 Å². The van der Waals surface area contributed by atoms with Gasteiger partial charge in [0, 0.05) is 17.3 Å². The highest BCUT2D eigenvalue weighted by molar-refractivity contribution is 5.73. The van der Waals surface area contributed by atoms with Crippen LogP contribution in [-0.4, -0.2) is 17.2 Å². The highest BCUT2D eigenvalue weighted by Gasteiger charge is 2.30. The number of methoxy groups -OCH3 is 1. The molecule has 1 aromatic heterocycles. The van der Waals surface area contributed by atoms with E-state index >= 15 is 0 Å². The lowest BCUT2D eigenvalue weighted by Gasteiger charge is -2.17. The Labute approximate surface area is 148 Å². The average Bonchev–Trinajstić information content (AvgIpc) is 2.67. The van der Waals surface area contributed by atoms with Gasteiger partial charge in [0.15, 0.2) is 0 Å². The van der Waals surface area contributed by atoms with Gasteiger partial charge in [0.2, 0.25) is 0 Å². The van der Waals surface area contributed by atoms with Gasteiger partial charge in [-0.2, -0.15) is 13.2 Å². The molecule has 0 aliphatic rings. The predicted molar refractivity (Wildman–Crippen MR) is 91.7 cm³/mol. The van der Waals surface area contributed by atoms with E-state index in [-0.39, 0.29) is 0 Å². The van der Waals surface area contributed by atoms with Gasteiger partial charge in [-0.15, -0.1) is 0 Å². The smallest absolute Gasteiger partial charge is 0.416 e. The van der Waals surface area contributed by atoms with Gasteiger partial charge < -0.3 is 9.84 Å². The van der Waals surface area contributed by atoms with E-state index in [4.69, 9.17) is 4.74 Å². The third-order valence-corrected chi connectivity index (χ3v) is 4.05. The van der Waals surface area contributed by atoms with Crippen LogP contribution in [0.2, 0.25) is 0 Å². The number of aliphatic hydroxyl groups excluding tert-OH is 1. The van der Waals surface area contributed by atoms with Crippen molar-refractivity contribution in [3.8, 4) is 16.9 Å². The fourth-order valence-electron chi connectivity index (χ4n) is 2.74. The maximum Gasteiger partial charge on any atom is 0.416 e. The van der Waals surface area contributed by atoms with Crippen LogP contribution >= 0.6 is 0 Å². The van der Waals surface area contributed by atoms with Crippen LogP contribution in [0.4, 0.5) is 13.2 Å². The summed E-state index contributed by atoms with van der Waals surface area (Å²) in [5, 5.41) is 10.7. The van der Waals surface area contributed by atoms with Gasteiger partial charge in [-0.3, -0.25) is 4.98 Å². The summed E-state index contributed by atoms with van der Waals surface area (Å²) < 4.78 is 43.5. The van der Waals surface area contributed by atoms with Crippen LogP contribution in [0.25, 0.3) is 11.1 Å². The van der Waals surface area contributed by atoms with Crippen molar-refractivity contribution < 1.29 is 23.0 Å². The van der Waals surface area contributed by atoms with E-state index in [1.165, 1.54) is 18.3 Å². The number of halogens is 3. The Kier molecular flexibility index (Phi) is 4.95. The van der Waals surface area contributed by atoms with Crippen LogP contribution < -0.4 is 4.74 Å². The number of pyridine rings is 1. The summed E-state index contributed by atoms with van der Waals surface area (Å²) in [5.74, 6) is 0.612. The summed E-state index contributed by atoms with van der Waals surface area (Å²) in [7, 11) is 1.54. The number of aromatic nitrogens is 1. The maximum atomic E-state index is 12.7. The molecule has 0 saturated carbocycles. The van der Waals surface area contributed by atoms with Crippen LogP contribution in [0.5, 0.6) is 5.75 Å². The summed E-state index contributed by atoms with van der Waals surface area (Å²) in [4.78, 5) is 4.25. The lowest BCUT2D eigenvalue weighted by molar-refractivity contribution is -0.137. The molecule has 134 valence electrons. The Bertz CT molecular complexity index is 892. The van der Waals surface area contributed by atoms with Gasteiger partial charge in [-0.25, -0.2) is 0 Å². The van der Waals surface area contributed by atoms with Gasteiger partial charge in [-0.05, 0) is 29.8 Å². The van der Waals surface area contributed by atoms with E-state index in [1.54, 1.807) is 25.3 Å². The number of para-hydroxylation sites is 1. The maximum absolute atomic E-state index is 12.7. The molecule has 1 atom stereocenters. The van der Waals surface area contributed by atoms with Crippen molar-refractivity contribution in [2.75, 3.05) is 7.11 Å². The first-order valence-corrected chi connectivity index (χ1v) is 7.85. The van der Waals surface area contributed by atoms with Gasteiger partial charge in [-0.1, -0.05) is 36.4 Å².